The van der Waals surface area contributed by atoms with Crippen LogP contribution >= 0.6 is 0 Å². The molecule has 1 aromatic heterocycles. The Bertz CT molecular complexity index is 727. The summed E-state index contributed by atoms with van der Waals surface area (Å²) in [7, 11) is 1.49. The second-order valence-electron chi connectivity index (χ2n) is 6.07. The molecule has 7 heteroatoms. The largest absolute Gasteiger partial charge is 0.375 e. The van der Waals surface area contributed by atoms with Crippen molar-refractivity contribution in [2.75, 3.05) is 42.3 Å². The molecule has 1 fully saturated rings. The van der Waals surface area contributed by atoms with Gasteiger partial charge in [0.25, 0.3) is 0 Å². The molecule has 2 N–H and O–H groups in total. The van der Waals surface area contributed by atoms with Crippen LogP contribution in [0.3, 0.4) is 0 Å². The number of nitrogens with zero attached hydrogens (tertiary/aromatic N) is 3. The lowest BCUT2D eigenvalue weighted by Crippen LogP contribution is -2.19. The quantitative estimate of drug-likeness (QED) is 0.841. The minimum absolute atomic E-state index is 0.0381. The van der Waals surface area contributed by atoms with Gasteiger partial charge in [-0.15, -0.1) is 0 Å². The topological polar surface area (TPSA) is 79.4 Å². The van der Waals surface area contributed by atoms with E-state index in [1.807, 2.05) is 37.3 Å². The van der Waals surface area contributed by atoms with E-state index in [2.05, 4.69) is 25.5 Å². The number of anilines is 4. The van der Waals surface area contributed by atoms with Crippen LogP contribution in [0.4, 0.5) is 23.1 Å². The maximum atomic E-state index is 11.5. The maximum absolute atomic E-state index is 11.5. The number of hydrogen-bond acceptors (Lipinski definition) is 6. The highest BCUT2D eigenvalue weighted by molar-refractivity contribution is 5.91. The summed E-state index contributed by atoms with van der Waals surface area (Å²) < 4.78 is 4.80. The number of hydrogen-bond donors (Lipinski definition) is 2. The molecule has 0 unspecified atom stereocenters. The molecule has 2 aromatic rings. The highest BCUT2D eigenvalue weighted by Gasteiger charge is 2.15. The van der Waals surface area contributed by atoms with Crippen LogP contribution in [0.25, 0.3) is 0 Å². The van der Waals surface area contributed by atoms with E-state index in [0.29, 0.717) is 5.95 Å². The minimum Gasteiger partial charge on any atom is -0.375 e. The summed E-state index contributed by atoms with van der Waals surface area (Å²) in [6.07, 6.45) is 2.42. The van der Waals surface area contributed by atoms with Crippen molar-refractivity contribution < 1.29 is 9.53 Å². The summed E-state index contributed by atoms with van der Waals surface area (Å²) >= 11 is 0. The molecular formula is C18H23N5O2. The van der Waals surface area contributed by atoms with Crippen LogP contribution in [0.1, 0.15) is 18.5 Å². The fourth-order valence-corrected chi connectivity index (χ4v) is 2.81. The summed E-state index contributed by atoms with van der Waals surface area (Å²) in [5.74, 6) is 1.37. The van der Waals surface area contributed by atoms with E-state index in [4.69, 9.17) is 4.74 Å². The zero-order valence-corrected chi connectivity index (χ0v) is 14.6. The van der Waals surface area contributed by atoms with Gasteiger partial charge in [0.2, 0.25) is 11.9 Å². The fourth-order valence-electron chi connectivity index (χ4n) is 2.81. The van der Waals surface area contributed by atoms with Crippen LogP contribution in [0.2, 0.25) is 0 Å². The number of carbonyl (C=O) groups excluding carboxylic acids is 1. The van der Waals surface area contributed by atoms with Gasteiger partial charge in [-0.2, -0.15) is 4.98 Å². The average molecular weight is 341 g/mol. The minimum atomic E-state index is -0.180. The van der Waals surface area contributed by atoms with Gasteiger partial charge in [0, 0.05) is 43.3 Å². The highest BCUT2D eigenvalue weighted by atomic mass is 16.5. The number of carbonyl (C=O) groups is 1. The number of methoxy groups -OCH3 is 1. The number of nitrogens with one attached hydrogen (secondary N) is 2. The lowest BCUT2D eigenvalue weighted by atomic mass is 10.3. The Morgan fingerprint density at radius 3 is 2.52 bits per heavy atom. The van der Waals surface area contributed by atoms with Crippen molar-refractivity contribution in [3.8, 4) is 0 Å². The maximum Gasteiger partial charge on any atom is 0.250 e. The first kappa shape index (κ1) is 17.2. The second-order valence-corrected chi connectivity index (χ2v) is 6.07. The summed E-state index contributed by atoms with van der Waals surface area (Å²) in [4.78, 5) is 22.9. The molecule has 0 radical (unpaired) electrons. The lowest BCUT2D eigenvalue weighted by molar-refractivity contribution is -0.119. The molecule has 3 rings (SSSR count). The molecule has 0 aliphatic carbocycles. The molecule has 0 spiro atoms. The molecule has 1 aliphatic heterocycles. The van der Waals surface area contributed by atoms with Crippen LogP contribution in [-0.4, -0.2) is 42.7 Å². The van der Waals surface area contributed by atoms with Crippen molar-refractivity contribution in [3.05, 3.63) is 36.0 Å². The zero-order chi connectivity index (χ0) is 17.6. The SMILES string of the molecule is COCC(=O)Nc1ccc(Nc2nc(C)cc(N3CCCC3)n2)cc1. The van der Waals surface area contributed by atoms with Crippen molar-refractivity contribution in [1.29, 1.82) is 0 Å². The Hall–Kier alpha value is -2.67. The number of rotatable bonds is 6. The Morgan fingerprint density at radius 1 is 1.16 bits per heavy atom. The number of ether oxygens (including phenoxy) is 1. The van der Waals surface area contributed by atoms with E-state index in [1.54, 1.807) is 0 Å². The fraction of sp³-hybridized carbons (Fsp3) is 0.389. The smallest absolute Gasteiger partial charge is 0.250 e. The summed E-state index contributed by atoms with van der Waals surface area (Å²) in [5.41, 5.74) is 2.51. The molecule has 1 amide bonds. The molecule has 1 aliphatic rings. The third-order valence-corrected chi connectivity index (χ3v) is 3.97. The zero-order valence-electron chi connectivity index (χ0n) is 14.6. The lowest BCUT2D eigenvalue weighted by Gasteiger charge is -2.17. The van der Waals surface area contributed by atoms with Gasteiger partial charge in [0.15, 0.2) is 0 Å². The third-order valence-electron chi connectivity index (χ3n) is 3.97. The standard InChI is InChI=1S/C18H23N5O2/c1-13-11-16(23-9-3-4-10-23)22-18(19-13)21-15-7-5-14(6-8-15)20-17(24)12-25-2/h5-8,11H,3-4,9-10,12H2,1-2H3,(H,20,24)(H,19,21,22). The molecule has 132 valence electrons. The van der Waals surface area contributed by atoms with Crippen molar-refractivity contribution in [3.63, 3.8) is 0 Å². The van der Waals surface area contributed by atoms with E-state index in [-0.39, 0.29) is 12.5 Å². The van der Waals surface area contributed by atoms with Crippen LogP contribution in [0.15, 0.2) is 30.3 Å². The monoisotopic (exact) mass is 341 g/mol. The molecule has 7 nitrogen and oxygen atoms in total. The van der Waals surface area contributed by atoms with E-state index in [9.17, 15) is 4.79 Å². The molecule has 1 saturated heterocycles. The van der Waals surface area contributed by atoms with Crippen LogP contribution in [-0.2, 0) is 9.53 Å². The van der Waals surface area contributed by atoms with Gasteiger partial charge in [-0.1, -0.05) is 0 Å². The van der Waals surface area contributed by atoms with Gasteiger partial charge in [-0.3, -0.25) is 4.79 Å². The molecule has 2 heterocycles. The molecular weight excluding hydrogens is 318 g/mol. The number of aromatic nitrogens is 2. The first-order chi connectivity index (χ1) is 12.1. The third kappa shape index (κ3) is 4.67. The first-order valence-electron chi connectivity index (χ1n) is 8.40. The van der Waals surface area contributed by atoms with Gasteiger partial charge >= 0.3 is 0 Å². The molecule has 0 bridgehead atoms. The van der Waals surface area contributed by atoms with E-state index < -0.39 is 0 Å². The van der Waals surface area contributed by atoms with Gasteiger partial charge < -0.3 is 20.3 Å². The Labute approximate surface area is 147 Å². The van der Waals surface area contributed by atoms with Gasteiger partial charge in [0.1, 0.15) is 12.4 Å². The van der Waals surface area contributed by atoms with E-state index >= 15 is 0 Å². The summed E-state index contributed by atoms with van der Waals surface area (Å²) in [5, 5.41) is 5.99. The molecule has 0 atom stereocenters. The predicted molar refractivity (Wildman–Crippen MR) is 98.4 cm³/mol. The normalized spacial score (nSPS) is 13.8. The molecule has 1 aromatic carbocycles. The number of amides is 1. The Kier molecular flexibility index (Phi) is 5.45. The summed E-state index contributed by atoms with van der Waals surface area (Å²) in [6.45, 7) is 4.11. The van der Waals surface area contributed by atoms with E-state index in [0.717, 1.165) is 36.0 Å². The Balaban J connectivity index is 1.68. The van der Waals surface area contributed by atoms with Gasteiger partial charge in [-0.25, -0.2) is 4.98 Å². The molecule has 25 heavy (non-hydrogen) atoms. The summed E-state index contributed by atoms with van der Waals surface area (Å²) in [6, 6.07) is 9.43. The predicted octanol–water partition coefficient (Wildman–Crippen LogP) is 2.71. The van der Waals surface area contributed by atoms with Crippen LogP contribution < -0.4 is 15.5 Å². The van der Waals surface area contributed by atoms with Crippen molar-refractivity contribution >= 4 is 29.0 Å². The molecule has 0 saturated carbocycles. The Morgan fingerprint density at radius 2 is 1.84 bits per heavy atom. The highest BCUT2D eigenvalue weighted by Crippen LogP contribution is 2.22. The van der Waals surface area contributed by atoms with Crippen LogP contribution in [0.5, 0.6) is 0 Å². The second kappa shape index (κ2) is 7.94. The van der Waals surface area contributed by atoms with E-state index in [1.165, 1.54) is 20.0 Å². The first-order valence-corrected chi connectivity index (χ1v) is 8.40. The number of aryl methyl sites for hydroxylation is 1. The van der Waals surface area contributed by atoms with Crippen molar-refractivity contribution in [2.24, 2.45) is 0 Å². The van der Waals surface area contributed by atoms with Crippen LogP contribution in [0, 0.1) is 6.92 Å². The average Bonchev–Trinajstić information content (AvgIpc) is 3.11. The van der Waals surface area contributed by atoms with Crippen molar-refractivity contribution in [2.45, 2.75) is 19.8 Å². The van der Waals surface area contributed by atoms with Gasteiger partial charge in [0.05, 0.1) is 0 Å². The van der Waals surface area contributed by atoms with Gasteiger partial charge in [-0.05, 0) is 44.0 Å². The number of benzene rings is 1. The van der Waals surface area contributed by atoms with Crippen molar-refractivity contribution in [1.82, 2.24) is 9.97 Å².